The summed E-state index contributed by atoms with van der Waals surface area (Å²) in [5.41, 5.74) is 3.34. The highest BCUT2D eigenvalue weighted by atomic mass is 16.6. The molecule has 8 nitrogen and oxygen atoms in total. The number of rotatable bonds is 3. The van der Waals surface area contributed by atoms with Crippen LogP contribution in [0.2, 0.25) is 0 Å². The fourth-order valence-electron chi connectivity index (χ4n) is 3.89. The molecule has 0 aliphatic carbocycles. The van der Waals surface area contributed by atoms with E-state index in [1.54, 1.807) is 23.2 Å². The van der Waals surface area contributed by atoms with Crippen LogP contribution in [0.1, 0.15) is 17.7 Å². The van der Waals surface area contributed by atoms with Crippen molar-refractivity contribution >= 4 is 23.2 Å². The van der Waals surface area contributed by atoms with Gasteiger partial charge in [0.25, 0.3) is 0 Å². The number of benzene rings is 1. The summed E-state index contributed by atoms with van der Waals surface area (Å²) in [6.07, 6.45) is 2.62. The van der Waals surface area contributed by atoms with Gasteiger partial charge in [-0.2, -0.15) is 0 Å². The molecule has 1 N–H and O–H groups in total. The Balaban J connectivity index is 1.28. The van der Waals surface area contributed by atoms with Gasteiger partial charge in [-0.3, -0.25) is 14.6 Å². The number of carbonyl (C=O) groups is 2. The minimum Gasteiger partial charge on any atom is -0.486 e. The first-order chi connectivity index (χ1) is 14.2. The summed E-state index contributed by atoms with van der Waals surface area (Å²) in [6.45, 7) is 2.50. The molecule has 150 valence electrons. The van der Waals surface area contributed by atoms with Crippen LogP contribution < -0.4 is 19.7 Å². The van der Waals surface area contributed by atoms with Crippen molar-refractivity contribution in [1.82, 2.24) is 4.98 Å². The van der Waals surface area contributed by atoms with Gasteiger partial charge in [0.1, 0.15) is 13.2 Å². The number of anilines is 2. The average Bonchev–Trinajstić information content (AvgIpc) is 3.15. The minimum atomic E-state index is -0.428. The number of amides is 2. The van der Waals surface area contributed by atoms with Crippen molar-refractivity contribution in [1.29, 1.82) is 0 Å². The van der Waals surface area contributed by atoms with Crippen LogP contribution in [-0.2, 0) is 27.4 Å². The first-order valence-electron chi connectivity index (χ1n) is 9.74. The standard InChI is InChI=1S/C21H21N3O5/c25-20-8-13(11-24(20)16-1-2-18-19(9-16)29-6-5-28-18)21(26)23-15-7-14-12-27-4-3-17(14)22-10-15/h1-2,7,9-10,13H,3-6,8,11-12H2,(H,23,26). The van der Waals surface area contributed by atoms with Crippen LogP contribution in [0.3, 0.4) is 0 Å². The number of carbonyl (C=O) groups excluding carboxylic acids is 2. The molecule has 4 heterocycles. The van der Waals surface area contributed by atoms with E-state index in [1.807, 2.05) is 12.1 Å². The molecule has 1 fully saturated rings. The number of aromatic nitrogens is 1. The highest BCUT2D eigenvalue weighted by Gasteiger charge is 2.35. The van der Waals surface area contributed by atoms with Crippen LogP contribution in [0.4, 0.5) is 11.4 Å². The van der Waals surface area contributed by atoms with Crippen molar-refractivity contribution in [2.45, 2.75) is 19.4 Å². The molecule has 1 saturated heterocycles. The van der Waals surface area contributed by atoms with Gasteiger partial charge in [0.05, 0.1) is 31.0 Å². The van der Waals surface area contributed by atoms with Gasteiger partial charge < -0.3 is 24.4 Å². The van der Waals surface area contributed by atoms with E-state index >= 15 is 0 Å². The normalized spacial score (nSPS) is 20.3. The predicted molar refractivity (Wildman–Crippen MR) is 104 cm³/mol. The molecule has 2 amide bonds. The van der Waals surface area contributed by atoms with Crippen LogP contribution in [-0.4, -0.2) is 43.2 Å². The lowest BCUT2D eigenvalue weighted by Gasteiger charge is -2.22. The Bertz CT molecular complexity index is 977. The number of nitrogens with zero attached hydrogens (tertiary/aromatic N) is 2. The second-order valence-corrected chi connectivity index (χ2v) is 7.36. The highest BCUT2D eigenvalue weighted by molar-refractivity contribution is 6.03. The molecule has 29 heavy (non-hydrogen) atoms. The number of pyridine rings is 1. The number of hydrogen-bond acceptors (Lipinski definition) is 6. The van der Waals surface area contributed by atoms with Crippen molar-refractivity contribution in [3.8, 4) is 11.5 Å². The fourth-order valence-corrected chi connectivity index (χ4v) is 3.89. The van der Waals surface area contributed by atoms with Gasteiger partial charge in [0, 0.05) is 42.4 Å². The largest absolute Gasteiger partial charge is 0.486 e. The Labute approximate surface area is 167 Å². The zero-order chi connectivity index (χ0) is 19.8. The molecule has 0 radical (unpaired) electrons. The molecule has 0 saturated carbocycles. The van der Waals surface area contributed by atoms with Crippen molar-refractivity contribution in [3.63, 3.8) is 0 Å². The maximum atomic E-state index is 12.7. The minimum absolute atomic E-state index is 0.0845. The Morgan fingerprint density at radius 3 is 2.90 bits per heavy atom. The lowest BCUT2D eigenvalue weighted by molar-refractivity contribution is -0.122. The zero-order valence-corrected chi connectivity index (χ0v) is 15.8. The van der Waals surface area contributed by atoms with Crippen LogP contribution in [0.15, 0.2) is 30.5 Å². The second-order valence-electron chi connectivity index (χ2n) is 7.36. The van der Waals surface area contributed by atoms with E-state index in [9.17, 15) is 9.59 Å². The smallest absolute Gasteiger partial charge is 0.229 e. The van der Waals surface area contributed by atoms with Gasteiger partial charge in [0.15, 0.2) is 11.5 Å². The van der Waals surface area contributed by atoms with Crippen LogP contribution in [0, 0.1) is 5.92 Å². The van der Waals surface area contributed by atoms with E-state index in [0.717, 1.165) is 17.7 Å². The monoisotopic (exact) mass is 395 g/mol. The van der Waals surface area contributed by atoms with Crippen LogP contribution >= 0.6 is 0 Å². The van der Waals surface area contributed by atoms with E-state index in [-0.39, 0.29) is 18.2 Å². The molecule has 1 unspecified atom stereocenters. The molecule has 8 heteroatoms. The molecular weight excluding hydrogens is 374 g/mol. The van der Waals surface area contributed by atoms with Crippen molar-refractivity contribution in [2.24, 2.45) is 5.92 Å². The van der Waals surface area contributed by atoms with Gasteiger partial charge in [-0.1, -0.05) is 0 Å². The third-order valence-corrected chi connectivity index (χ3v) is 5.40. The molecule has 0 spiro atoms. The van der Waals surface area contributed by atoms with Gasteiger partial charge in [0.2, 0.25) is 11.8 Å². The second kappa shape index (κ2) is 7.36. The number of fused-ring (bicyclic) bond motifs is 2. The summed E-state index contributed by atoms with van der Waals surface area (Å²) in [4.78, 5) is 31.3. The van der Waals surface area contributed by atoms with Gasteiger partial charge in [-0.05, 0) is 18.2 Å². The molecular formula is C21H21N3O5. The zero-order valence-electron chi connectivity index (χ0n) is 15.8. The molecule has 1 atom stereocenters. The van der Waals surface area contributed by atoms with Crippen LogP contribution in [0.25, 0.3) is 0 Å². The lowest BCUT2D eigenvalue weighted by atomic mass is 10.1. The Hall–Kier alpha value is -3.13. The number of ether oxygens (including phenoxy) is 3. The van der Waals surface area contributed by atoms with E-state index < -0.39 is 5.92 Å². The third kappa shape index (κ3) is 3.51. The van der Waals surface area contributed by atoms with E-state index in [2.05, 4.69) is 10.3 Å². The third-order valence-electron chi connectivity index (χ3n) is 5.40. The molecule has 1 aromatic carbocycles. The average molecular weight is 395 g/mol. The molecule has 5 rings (SSSR count). The first kappa shape index (κ1) is 17.9. The maximum Gasteiger partial charge on any atom is 0.229 e. The highest BCUT2D eigenvalue weighted by Crippen LogP contribution is 2.36. The Kier molecular flexibility index (Phi) is 4.55. The summed E-state index contributed by atoms with van der Waals surface area (Å²) in [5.74, 6) is 0.597. The van der Waals surface area contributed by atoms with E-state index in [4.69, 9.17) is 14.2 Å². The first-order valence-corrected chi connectivity index (χ1v) is 9.74. The summed E-state index contributed by atoms with van der Waals surface area (Å²) in [7, 11) is 0. The van der Waals surface area contributed by atoms with Gasteiger partial charge in [-0.15, -0.1) is 0 Å². The summed E-state index contributed by atoms with van der Waals surface area (Å²) in [5, 5.41) is 2.90. The molecule has 1 aromatic heterocycles. The van der Waals surface area contributed by atoms with Gasteiger partial charge >= 0.3 is 0 Å². The number of nitrogens with one attached hydrogen (secondary N) is 1. The Morgan fingerprint density at radius 2 is 2.00 bits per heavy atom. The van der Waals surface area contributed by atoms with Crippen molar-refractivity contribution in [3.05, 3.63) is 41.7 Å². The van der Waals surface area contributed by atoms with Gasteiger partial charge in [-0.25, -0.2) is 0 Å². The summed E-state index contributed by atoms with van der Waals surface area (Å²) < 4.78 is 16.6. The number of hydrogen-bond donors (Lipinski definition) is 1. The van der Waals surface area contributed by atoms with Crippen molar-refractivity contribution in [2.75, 3.05) is 36.6 Å². The molecule has 2 aromatic rings. The SMILES string of the molecule is O=C(Nc1cnc2c(c1)COCC2)C1CC(=O)N(c2ccc3c(c2)OCCO3)C1. The fraction of sp³-hybridized carbons (Fsp3) is 0.381. The predicted octanol–water partition coefficient (Wildman–Crippen LogP) is 1.92. The summed E-state index contributed by atoms with van der Waals surface area (Å²) in [6, 6.07) is 7.30. The maximum absolute atomic E-state index is 12.7. The van der Waals surface area contributed by atoms with E-state index in [1.165, 1.54) is 0 Å². The lowest BCUT2D eigenvalue weighted by Crippen LogP contribution is -2.28. The van der Waals surface area contributed by atoms with Crippen molar-refractivity contribution < 1.29 is 23.8 Å². The molecule has 0 bridgehead atoms. The molecule has 3 aliphatic heterocycles. The van der Waals surface area contributed by atoms with E-state index in [0.29, 0.717) is 55.8 Å². The molecule has 3 aliphatic rings. The topological polar surface area (TPSA) is 90.0 Å². The Morgan fingerprint density at radius 1 is 1.14 bits per heavy atom. The van der Waals surface area contributed by atoms with Crippen LogP contribution in [0.5, 0.6) is 11.5 Å². The quantitative estimate of drug-likeness (QED) is 0.854. The summed E-state index contributed by atoms with van der Waals surface area (Å²) >= 11 is 0.